The summed E-state index contributed by atoms with van der Waals surface area (Å²) >= 11 is 0. The molecular weight excluding hydrogens is 336 g/mol. The Balaban J connectivity index is 1.84. The quantitative estimate of drug-likeness (QED) is 0.655. The zero-order valence-corrected chi connectivity index (χ0v) is 14.4. The standard InChI is InChI=1S/C19H18N2O5/c1-25-13-9-7-12(8-10-13)20-15-11-17(22)21(18(15)23)16-6-4-3-5-14(16)19(24)26-2/h3-10,15,20H,11H2,1-2H3/t15-/m0/s1. The molecule has 7 heteroatoms. The van der Waals surface area contributed by atoms with Crippen molar-refractivity contribution in [2.24, 2.45) is 0 Å². The zero-order valence-electron chi connectivity index (χ0n) is 14.4. The van der Waals surface area contributed by atoms with Gasteiger partial charge in [-0.1, -0.05) is 12.1 Å². The molecule has 0 unspecified atom stereocenters. The van der Waals surface area contributed by atoms with E-state index in [4.69, 9.17) is 9.47 Å². The number of methoxy groups -OCH3 is 2. The van der Waals surface area contributed by atoms with E-state index in [0.717, 1.165) is 4.90 Å². The molecule has 7 nitrogen and oxygen atoms in total. The minimum Gasteiger partial charge on any atom is -0.497 e. The van der Waals surface area contributed by atoms with Crippen LogP contribution in [0.1, 0.15) is 16.8 Å². The molecule has 0 bridgehead atoms. The molecule has 0 aromatic heterocycles. The minimum absolute atomic E-state index is 0.000367. The highest BCUT2D eigenvalue weighted by atomic mass is 16.5. The Morgan fingerprint density at radius 1 is 1.08 bits per heavy atom. The van der Waals surface area contributed by atoms with Crippen LogP contribution in [0.25, 0.3) is 0 Å². The molecule has 2 aromatic rings. The molecule has 1 fully saturated rings. The van der Waals surface area contributed by atoms with Crippen molar-refractivity contribution < 1.29 is 23.9 Å². The lowest BCUT2D eigenvalue weighted by atomic mass is 10.1. The summed E-state index contributed by atoms with van der Waals surface area (Å²) in [5.41, 5.74) is 1.09. The lowest BCUT2D eigenvalue weighted by Crippen LogP contribution is -2.35. The van der Waals surface area contributed by atoms with E-state index in [9.17, 15) is 14.4 Å². The largest absolute Gasteiger partial charge is 0.497 e. The van der Waals surface area contributed by atoms with Crippen molar-refractivity contribution in [3.63, 3.8) is 0 Å². The first-order valence-corrected chi connectivity index (χ1v) is 8.00. The Bertz CT molecular complexity index is 847. The molecule has 3 rings (SSSR count). The maximum atomic E-state index is 12.8. The van der Waals surface area contributed by atoms with Crippen molar-refractivity contribution in [3.05, 3.63) is 54.1 Å². The van der Waals surface area contributed by atoms with Crippen LogP contribution >= 0.6 is 0 Å². The Kier molecular flexibility index (Phi) is 4.88. The molecule has 0 aliphatic carbocycles. The zero-order chi connectivity index (χ0) is 18.7. The van der Waals surface area contributed by atoms with E-state index in [2.05, 4.69) is 5.32 Å². The van der Waals surface area contributed by atoms with Crippen molar-refractivity contribution in [1.82, 2.24) is 0 Å². The van der Waals surface area contributed by atoms with Gasteiger partial charge in [-0.25, -0.2) is 9.69 Å². The third kappa shape index (κ3) is 3.23. The number of amides is 2. The lowest BCUT2D eigenvalue weighted by molar-refractivity contribution is -0.121. The van der Waals surface area contributed by atoms with Gasteiger partial charge >= 0.3 is 5.97 Å². The lowest BCUT2D eigenvalue weighted by Gasteiger charge is -2.18. The molecule has 134 valence electrons. The first kappa shape index (κ1) is 17.5. The molecule has 1 heterocycles. The van der Waals surface area contributed by atoms with Gasteiger partial charge < -0.3 is 14.8 Å². The molecular formula is C19H18N2O5. The highest BCUT2D eigenvalue weighted by Gasteiger charge is 2.41. The van der Waals surface area contributed by atoms with E-state index >= 15 is 0 Å². The average molecular weight is 354 g/mol. The van der Waals surface area contributed by atoms with Crippen molar-refractivity contribution in [3.8, 4) is 5.75 Å². The summed E-state index contributed by atoms with van der Waals surface area (Å²) in [5.74, 6) is -0.703. The number of nitrogens with one attached hydrogen (secondary N) is 1. The molecule has 2 aromatic carbocycles. The van der Waals surface area contributed by atoms with E-state index < -0.39 is 17.9 Å². The van der Waals surface area contributed by atoms with Crippen LogP contribution in [0.4, 0.5) is 11.4 Å². The Morgan fingerprint density at radius 2 is 1.77 bits per heavy atom. The predicted molar refractivity (Wildman–Crippen MR) is 95.3 cm³/mol. The van der Waals surface area contributed by atoms with E-state index in [1.54, 1.807) is 49.6 Å². The highest BCUT2D eigenvalue weighted by molar-refractivity contribution is 6.24. The minimum atomic E-state index is -0.707. The SMILES string of the molecule is COC(=O)c1ccccc1N1C(=O)C[C@H](Nc2ccc(OC)cc2)C1=O. The number of esters is 1. The summed E-state index contributed by atoms with van der Waals surface area (Å²) in [6.07, 6.45) is 0.000367. The smallest absolute Gasteiger partial charge is 0.339 e. The first-order valence-electron chi connectivity index (χ1n) is 8.00. The van der Waals surface area contributed by atoms with Gasteiger partial charge in [-0.3, -0.25) is 9.59 Å². The van der Waals surface area contributed by atoms with Crippen molar-refractivity contribution in [2.75, 3.05) is 24.4 Å². The fourth-order valence-corrected chi connectivity index (χ4v) is 2.84. The van der Waals surface area contributed by atoms with Crippen LogP contribution in [-0.4, -0.2) is 38.0 Å². The molecule has 1 saturated heterocycles. The van der Waals surface area contributed by atoms with Crippen molar-refractivity contribution in [1.29, 1.82) is 0 Å². The number of carbonyl (C=O) groups excluding carboxylic acids is 3. The van der Waals surface area contributed by atoms with Gasteiger partial charge in [0.05, 0.1) is 31.9 Å². The molecule has 1 atom stereocenters. The number of para-hydroxylation sites is 1. The van der Waals surface area contributed by atoms with Gasteiger partial charge in [0.2, 0.25) is 5.91 Å². The van der Waals surface area contributed by atoms with Crippen LogP contribution in [0, 0.1) is 0 Å². The molecule has 0 radical (unpaired) electrons. The average Bonchev–Trinajstić information content (AvgIpc) is 2.95. The Morgan fingerprint density at radius 3 is 2.42 bits per heavy atom. The van der Waals surface area contributed by atoms with Gasteiger partial charge in [0.25, 0.3) is 5.91 Å². The topological polar surface area (TPSA) is 84.9 Å². The number of hydrogen-bond acceptors (Lipinski definition) is 6. The first-order chi connectivity index (χ1) is 12.5. The number of anilines is 2. The maximum Gasteiger partial charge on any atom is 0.339 e. The molecule has 2 amide bonds. The molecule has 1 aliphatic rings. The summed E-state index contributed by atoms with van der Waals surface area (Å²) in [6, 6.07) is 12.7. The number of rotatable bonds is 5. The van der Waals surface area contributed by atoms with Crippen molar-refractivity contribution >= 4 is 29.2 Å². The molecule has 1 aliphatic heterocycles. The monoisotopic (exact) mass is 354 g/mol. The summed E-state index contributed by atoms with van der Waals surface area (Å²) < 4.78 is 9.83. The van der Waals surface area contributed by atoms with Crippen LogP contribution in [0.15, 0.2) is 48.5 Å². The normalized spacial score (nSPS) is 16.5. The summed E-state index contributed by atoms with van der Waals surface area (Å²) in [6.45, 7) is 0. The van der Waals surface area contributed by atoms with Gasteiger partial charge in [-0.15, -0.1) is 0 Å². The second kappa shape index (κ2) is 7.26. The van der Waals surface area contributed by atoms with Crippen LogP contribution in [0.5, 0.6) is 5.75 Å². The second-order valence-electron chi connectivity index (χ2n) is 5.71. The fourth-order valence-electron chi connectivity index (χ4n) is 2.84. The fraction of sp³-hybridized carbons (Fsp3) is 0.211. The van der Waals surface area contributed by atoms with Gasteiger partial charge in [0, 0.05) is 5.69 Å². The number of hydrogen-bond donors (Lipinski definition) is 1. The Labute approximate surface area is 150 Å². The number of carbonyl (C=O) groups is 3. The Hall–Kier alpha value is -3.35. The van der Waals surface area contributed by atoms with Crippen LogP contribution in [-0.2, 0) is 14.3 Å². The van der Waals surface area contributed by atoms with Gasteiger partial charge in [0.15, 0.2) is 0 Å². The molecule has 26 heavy (non-hydrogen) atoms. The summed E-state index contributed by atoms with van der Waals surface area (Å²) in [7, 11) is 2.82. The second-order valence-corrected chi connectivity index (χ2v) is 5.71. The maximum absolute atomic E-state index is 12.8. The van der Waals surface area contributed by atoms with E-state index in [1.165, 1.54) is 13.2 Å². The van der Waals surface area contributed by atoms with Crippen LogP contribution < -0.4 is 15.0 Å². The number of ether oxygens (including phenoxy) is 2. The third-order valence-corrected chi connectivity index (χ3v) is 4.13. The highest BCUT2D eigenvalue weighted by Crippen LogP contribution is 2.28. The number of benzene rings is 2. The summed E-state index contributed by atoms with van der Waals surface area (Å²) in [4.78, 5) is 38.2. The van der Waals surface area contributed by atoms with E-state index in [0.29, 0.717) is 11.4 Å². The summed E-state index contributed by atoms with van der Waals surface area (Å²) in [5, 5.41) is 3.05. The van der Waals surface area contributed by atoms with Gasteiger partial charge in [0.1, 0.15) is 11.8 Å². The molecule has 1 N–H and O–H groups in total. The van der Waals surface area contributed by atoms with Crippen LogP contribution in [0.3, 0.4) is 0 Å². The van der Waals surface area contributed by atoms with E-state index in [-0.39, 0.29) is 23.6 Å². The van der Waals surface area contributed by atoms with Crippen molar-refractivity contribution in [2.45, 2.75) is 12.5 Å². The van der Waals surface area contributed by atoms with Crippen LogP contribution in [0.2, 0.25) is 0 Å². The predicted octanol–water partition coefficient (Wildman–Crippen LogP) is 2.23. The molecule has 0 saturated carbocycles. The van der Waals surface area contributed by atoms with E-state index in [1.807, 2.05) is 0 Å². The van der Waals surface area contributed by atoms with Gasteiger partial charge in [-0.2, -0.15) is 0 Å². The third-order valence-electron chi connectivity index (χ3n) is 4.13. The van der Waals surface area contributed by atoms with Gasteiger partial charge in [-0.05, 0) is 36.4 Å². The number of nitrogens with zero attached hydrogens (tertiary/aromatic N) is 1. The molecule has 0 spiro atoms. The number of imide groups is 1.